The molecule has 0 aliphatic carbocycles. The molecule has 0 saturated carbocycles. The Labute approximate surface area is 105 Å². The van der Waals surface area contributed by atoms with Gasteiger partial charge in [-0.05, 0) is 16.8 Å². The summed E-state index contributed by atoms with van der Waals surface area (Å²) in [6.07, 6.45) is 0. The van der Waals surface area contributed by atoms with Gasteiger partial charge in [0, 0.05) is 25.7 Å². The predicted molar refractivity (Wildman–Crippen MR) is 69.3 cm³/mol. The minimum Gasteiger partial charge on any atom is -0.366 e. The van der Waals surface area contributed by atoms with E-state index in [2.05, 4.69) is 6.07 Å². The summed E-state index contributed by atoms with van der Waals surface area (Å²) in [6, 6.07) is 11.8. The van der Waals surface area contributed by atoms with Crippen LogP contribution in [0, 0.1) is 6.07 Å². The molecule has 91 valence electrons. The van der Waals surface area contributed by atoms with Gasteiger partial charge in [0.25, 0.3) is 5.91 Å². The van der Waals surface area contributed by atoms with Gasteiger partial charge < -0.3 is 10.6 Å². The molecule has 0 aliphatic heterocycles. The Morgan fingerprint density at radius 1 is 1.22 bits per heavy atom. The van der Waals surface area contributed by atoms with E-state index in [9.17, 15) is 9.59 Å². The quantitative estimate of drug-likeness (QED) is 0.864. The van der Waals surface area contributed by atoms with Crippen molar-refractivity contribution in [3.05, 3.63) is 47.5 Å². The van der Waals surface area contributed by atoms with Gasteiger partial charge in [0.05, 0.1) is 5.56 Å². The molecule has 2 amide bonds. The van der Waals surface area contributed by atoms with Crippen LogP contribution < -0.4 is 5.73 Å². The third-order valence-corrected chi connectivity index (χ3v) is 2.67. The molecule has 4 heteroatoms. The molecule has 0 fully saturated rings. The van der Waals surface area contributed by atoms with E-state index in [1.165, 1.54) is 4.90 Å². The van der Waals surface area contributed by atoms with Crippen LogP contribution in [0.2, 0.25) is 0 Å². The van der Waals surface area contributed by atoms with Gasteiger partial charge in [-0.3, -0.25) is 9.59 Å². The standard InChI is InChI=1S/C14H13N2O2/c1-16(2)14(18)10-7-9-5-3-4-6-11(9)12(8-10)13(15)17/h3-7H,1-2H3,(H2,15,17). The normalized spacial score (nSPS) is 10.3. The van der Waals surface area contributed by atoms with E-state index in [1.54, 1.807) is 26.2 Å². The lowest BCUT2D eigenvalue weighted by Gasteiger charge is -2.12. The van der Waals surface area contributed by atoms with Crippen molar-refractivity contribution in [1.29, 1.82) is 0 Å². The molecule has 0 bridgehead atoms. The smallest absolute Gasteiger partial charge is 0.254 e. The highest BCUT2D eigenvalue weighted by Crippen LogP contribution is 2.21. The highest BCUT2D eigenvalue weighted by molar-refractivity contribution is 6.09. The molecule has 0 heterocycles. The molecule has 1 radical (unpaired) electrons. The molecule has 4 nitrogen and oxygen atoms in total. The highest BCUT2D eigenvalue weighted by Gasteiger charge is 2.14. The van der Waals surface area contributed by atoms with Crippen LogP contribution in [0.3, 0.4) is 0 Å². The van der Waals surface area contributed by atoms with Crippen molar-refractivity contribution in [2.45, 2.75) is 0 Å². The maximum atomic E-state index is 11.9. The number of hydrogen-bond acceptors (Lipinski definition) is 2. The molecule has 0 spiro atoms. The van der Waals surface area contributed by atoms with Gasteiger partial charge in [-0.2, -0.15) is 0 Å². The summed E-state index contributed by atoms with van der Waals surface area (Å²) in [6.45, 7) is 0. The number of hydrogen-bond donors (Lipinski definition) is 1. The van der Waals surface area contributed by atoms with Crippen molar-refractivity contribution >= 4 is 22.6 Å². The number of benzene rings is 2. The Morgan fingerprint density at radius 3 is 2.50 bits per heavy atom. The largest absolute Gasteiger partial charge is 0.366 e. The van der Waals surface area contributed by atoms with E-state index in [-0.39, 0.29) is 11.5 Å². The van der Waals surface area contributed by atoms with Crippen LogP contribution >= 0.6 is 0 Å². The van der Waals surface area contributed by atoms with Crippen LogP contribution in [0.4, 0.5) is 0 Å². The topological polar surface area (TPSA) is 63.4 Å². The van der Waals surface area contributed by atoms with Crippen molar-refractivity contribution < 1.29 is 9.59 Å². The number of fused-ring (bicyclic) bond motifs is 1. The molecule has 0 atom stereocenters. The van der Waals surface area contributed by atoms with Crippen molar-refractivity contribution in [1.82, 2.24) is 4.90 Å². The van der Waals surface area contributed by atoms with Crippen LogP contribution in [0.15, 0.2) is 30.3 Å². The molecule has 2 rings (SSSR count). The molecule has 18 heavy (non-hydrogen) atoms. The average Bonchev–Trinajstić information content (AvgIpc) is 2.36. The minimum atomic E-state index is -0.584. The first-order valence-electron chi connectivity index (χ1n) is 5.47. The van der Waals surface area contributed by atoms with Crippen LogP contribution in [-0.2, 0) is 0 Å². The summed E-state index contributed by atoms with van der Waals surface area (Å²) in [5.41, 5.74) is 5.92. The fraction of sp³-hybridized carbons (Fsp3) is 0.143. The van der Waals surface area contributed by atoms with Crippen LogP contribution in [-0.4, -0.2) is 30.8 Å². The first-order chi connectivity index (χ1) is 8.50. The Bertz CT molecular complexity index is 633. The van der Waals surface area contributed by atoms with Gasteiger partial charge in [-0.25, -0.2) is 0 Å². The van der Waals surface area contributed by atoms with Gasteiger partial charge in [0.1, 0.15) is 0 Å². The summed E-state index contributed by atoms with van der Waals surface area (Å²) in [5.74, 6) is -0.789. The molecule has 0 aliphatic rings. The molecule has 0 unspecified atom stereocenters. The molecular weight excluding hydrogens is 228 g/mol. The van der Waals surface area contributed by atoms with E-state index in [0.29, 0.717) is 10.9 Å². The minimum absolute atomic E-state index is 0.205. The molecule has 2 aromatic carbocycles. The van der Waals surface area contributed by atoms with Crippen LogP contribution in [0.25, 0.3) is 10.8 Å². The monoisotopic (exact) mass is 241 g/mol. The number of amides is 2. The second kappa shape index (κ2) is 4.49. The predicted octanol–water partition coefficient (Wildman–Crippen LogP) is 1.44. The van der Waals surface area contributed by atoms with Gasteiger partial charge in [-0.1, -0.05) is 24.3 Å². The maximum absolute atomic E-state index is 11.9. The van der Waals surface area contributed by atoms with Gasteiger partial charge >= 0.3 is 0 Å². The molecule has 0 saturated heterocycles. The van der Waals surface area contributed by atoms with E-state index >= 15 is 0 Å². The summed E-state index contributed by atoms with van der Waals surface area (Å²) >= 11 is 0. The summed E-state index contributed by atoms with van der Waals surface area (Å²) < 4.78 is 0. The number of primary amides is 1. The van der Waals surface area contributed by atoms with Gasteiger partial charge in [0.15, 0.2) is 0 Å². The number of nitrogens with zero attached hydrogens (tertiary/aromatic N) is 1. The third-order valence-electron chi connectivity index (χ3n) is 2.67. The molecule has 2 aromatic rings. The fourth-order valence-electron chi connectivity index (χ4n) is 1.79. The average molecular weight is 241 g/mol. The van der Waals surface area contributed by atoms with Crippen molar-refractivity contribution in [3.8, 4) is 0 Å². The summed E-state index contributed by atoms with van der Waals surface area (Å²) in [5, 5.41) is 1.51. The maximum Gasteiger partial charge on any atom is 0.254 e. The first kappa shape index (κ1) is 12.1. The van der Waals surface area contributed by atoms with Crippen LogP contribution in [0.5, 0.6) is 0 Å². The van der Waals surface area contributed by atoms with Gasteiger partial charge in [0.2, 0.25) is 5.91 Å². The Hall–Kier alpha value is -2.36. The van der Waals surface area contributed by atoms with E-state index in [1.807, 2.05) is 18.2 Å². The lowest BCUT2D eigenvalue weighted by atomic mass is 10.00. The zero-order valence-corrected chi connectivity index (χ0v) is 10.2. The number of carbonyl (C=O) groups is 2. The Kier molecular flexibility index (Phi) is 3.02. The summed E-state index contributed by atoms with van der Waals surface area (Å²) in [4.78, 5) is 24.8. The first-order valence-corrected chi connectivity index (χ1v) is 5.47. The zero-order chi connectivity index (χ0) is 13.3. The number of nitrogens with two attached hydrogens (primary N) is 1. The lowest BCUT2D eigenvalue weighted by molar-refractivity contribution is 0.0827. The SMILES string of the molecule is CN(C)C(=O)c1[c]c(C(N)=O)c2ccccc2c1. The Balaban J connectivity index is 2.72. The molecule has 2 N–H and O–H groups in total. The van der Waals surface area contributed by atoms with E-state index < -0.39 is 5.91 Å². The fourth-order valence-corrected chi connectivity index (χ4v) is 1.79. The highest BCUT2D eigenvalue weighted by atomic mass is 16.2. The summed E-state index contributed by atoms with van der Waals surface area (Å²) in [7, 11) is 3.30. The van der Waals surface area contributed by atoms with E-state index in [4.69, 9.17) is 5.73 Å². The molecular formula is C14H13N2O2. The third kappa shape index (κ3) is 2.05. The second-order valence-corrected chi connectivity index (χ2v) is 4.21. The lowest BCUT2D eigenvalue weighted by Crippen LogP contribution is -2.22. The van der Waals surface area contributed by atoms with Crippen molar-refractivity contribution in [2.75, 3.05) is 14.1 Å². The number of rotatable bonds is 2. The van der Waals surface area contributed by atoms with E-state index in [0.717, 1.165) is 5.39 Å². The van der Waals surface area contributed by atoms with Crippen molar-refractivity contribution in [3.63, 3.8) is 0 Å². The zero-order valence-electron chi connectivity index (χ0n) is 10.2. The number of carbonyl (C=O) groups excluding carboxylic acids is 2. The van der Waals surface area contributed by atoms with Gasteiger partial charge in [-0.15, -0.1) is 0 Å². The second-order valence-electron chi connectivity index (χ2n) is 4.21. The van der Waals surface area contributed by atoms with Crippen molar-refractivity contribution in [2.24, 2.45) is 5.73 Å². The molecule has 0 aromatic heterocycles. The van der Waals surface area contributed by atoms with Crippen LogP contribution in [0.1, 0.15) is 20.7 Å². The Morgan fingerprint density at radius 2 is 1.89 bits per heavy atom.